The fourth-order valence-electron chi connectivity index (χ4n) is 1.53. The fourth-order valence-corrected chi connectivity index (χ4v) is 1.75. The number of rotatable bonds is 5. The Hall–Kier alpha value is -2.07. The van der Waals surface area contributed by atoms with Gasteiger partial charge in [-0.3, -0.25) is 14.8 Å². The maximum absolute atomic E-state index is 11.3. The second-order valence-corrected chi connectivity index (χ2v) is 4.22. The first kappa shape index (κ1) is 13.4. The minimum atomic E-state index is -0.459. The first-order chi connectivity index (χ1) is 9.22. The normalized spacial score (nSPS) is 10.2. The number of nitrogens with zero attached hydrogens (tertiary/aromatic N) is 1. The Labute approximate surface area is 115 Å². The summed E-state index contributed by atoms with van der Waals surface area (Å²) in [6.45, 7) is 3.53. The van der Waals surface area contributed by atoms with E-state index in [1.807, 2.05) is 6.07 Å². The third-order valence-electron chi connectivity index (χ3n) is 2.46. The van der Waals surface area contributed by atoms with E-state index in [0.717, 1.165) is 5.39 Å². The lowest BCUT2D eigenvalue weighted by Crippen LogP contribution is -2.07. The van der Waals surface area contributed by atoms with Gasteiger partial charge in [-0.05, 0) is 30.7 Å². The van der Waals surface area contributed by atoms with Gasteiger partial charge in [-0.25, -0.2) is 4.79 Å². The standard InChI is InChI=1S/C14H12ClNO3/c1-2-3-6-13(17)19-18-12-8-7-11(15)10-5-4-9-16-14(10)12/h2,4-5,7-9H,1,3,6H2. The van der Waals surface area contributed by atoms with E-state index in [2.05, 4.69) is 11.6 Å². The van der Waals surface area contributed by atoms with E-state index >= 15 is 0 Å². The molecule has 4 nitrogen and oxygen atoms in total. The molecule has 0 spiro atoms. The number of carbonyl (C=O) groups excluding carboxylic acids is 1. The summed E-state index contributed by atoms with van der Waals surface area (Å²) in [5.74, 6) is -0.106. The summed E-state index contributed by atoms with van der Waals surface area (Å²) < 4.78 is 0. The average Bonchev–Trinajstić information content (AvgIpc) is 2.45. The predicted octanol–water partition coefficient (Wildman–Crippen LogP) is 3.69. The second kappa shape index (κ2) is 6.20. The lowest BCUT2D eigenvalue weighted by molar-refractivity contribution is -0.213. The zero-order chi connectivity index (χ0) is 13.7. The van der Waals surface area contributed by atoms with Gasteiger partial charge in [-0.15, -0.1) is 6.58 Å². The van der Waals surface area contributed by atoms with Crippen molar-refractivity contribution in [2.45, 2.75) is 12.8 Å². The molecule has 0 atom stereocenters. The second-order valence-electron chi connectivity index (χ2n) is 3.81. The van der Waals surface area contributed by atoms with Crippen LogP contribution in [0.3, 0.4) is 0 Å². The number of benzene rings is 1. The van der Waals surface area contributed by atoms with Gasteiger partial charge < -0.3 is 0 Å². The van der Waals surface area contributed by atoms with Crippen molar-refractivity contribution in [1.82, 2.24) is 4.98 Å². The molecule has 0 aliphatic rings. The molecule has 0 aliphatic carbocycles. The summed E-state index contributed by atoms with van der Waals surface area (Å²) in [5, 5.41) is 1.30. The Bertz CT molecular complexity index is 613. The van der Waals surface area contributed by atoms with Crippen molar-refractivity contribution in [2.75, 3.05) is 0 Å². The molecular weight excluding hydrogens is 266 g/mol. The molecule has 0 radical (unpaired) electrons. The number of hydrogen-bond donors (Lipinski definition) is 0. The topological polar surface area (TPSA) is 48.4 Å². The number of aromatic nitrogens is 1. The van der Waals surface area contributed by atoms with Crippen molar-refractivity contribution in [3.8, 4) is 5.75 Å². The SMILES string of the molecule is C=CCCC(=O)OOc1ccc(Cl)c2cccnc12. The predicted molar refractivity (Wildman–Crippen MR) is 72.9 cm³/mol. The third kappa shape index (κ3) is 3.23. The molecule has 19 heavy (non-hydrogen) atoms. The highest BCUT2D eigenvalue weighted by atomic mass is 35.5. The van der Waals surface area contributed by atoms with Crippen molar-refractivity contribution in [3.63, 3.8) is 0 Å². The van der Waals surface area contributed by atoms with Gasteiger partial charge in [0, 0.05) is 11.6 Å². The van der Waals surface area contributed by atoms with Crippen LogP contribution < -0.4 is 4.89 Å². The Morgan fingerprint density at radius 1 is 1.42 bits per heavy atom. The molecule has 98 valence electrons. The Morgan fingerprint density at radius 3 is 3.05 bits per heavy atom. The zero-order valence-corrected chi connectivity index (χ0v) is 10.9. The van der Waals surface area contributed by atoms with Crippen LogP contribution in [-0.4, -0.2) is 11.0 Å². The van der Waals surface area contributed by atoms with Gasteiger partial charge >= 0.3 is 5.97 Å². The summed E-state index contributed by atoms with van der Waals surface area (Å²) in [7, 11) is 0. The summed E-state index contributed by atoms with van der Waals surface area (Å²) in [6.07, 6.45) is 4.02. The smallest absolute Gasteiger partial charge is 0.285 e. The van der Waals surface area contributed by atoms with E-state index in [9.17, 15) is 4.79 Å². The van der Waals surface area contributed by atoms with Crippen LogP contribution in [-0.2, 0) is 9.68 Å². The van der Waals surface area contributed by atoms with Crippen molar-refractivity contribution in [1.29, 1.82) is 0 Å². The first-order valence-corrected chi connectivity index (χ1v) is 6.11. The lowest BCUT2D eigenvalue weighted by atomic mass is 10.2. The quantitative estimate of drug-likeness (QED) is 0.475. The van der Waals surface area contributed by atoms with E-state index in [4.69, 9.17) is 21.4 Å². The van der Waals surface area contributed by atoms with E-state index in [1.165, 1.54) is 0 Å². The highest BCUT2D eigenvalue weighted by Crippen LogP contribution is 2.29. The van der Waals surface area contributed by atoms with Gasteiger partial charge in [-0.1, -0.05) is 17.7 Å². The van der Waals surface area contributed by atoms with Crippen LogP contribution in [0.25, 0.3) is 10.9 Å². The lowest BCUT2D eigenvalue weighted by Gasteiger charge is -2.07. The number of hydrogen-bond acceptors (Lipinski definition) is 4. The number of allylic oxidation sites excluding steroid dienone is 1. The van der Waals surface area contributed by atoms with Gasteiger partial charge in [0.05, 0.1) is 11.4 Å². The number of carbonyl (C=O) groups is 1. The molecule has 0 saturated heterocycles. The minimum Gasteiger partial charge on any atom is -0.285 e. The highest BCUT2D eigenvalue weighted by Gasteiger charge is 2.10. The average molecular weight is 278 g/mol. The molecule has 2 aromatic rings. The minimum absolute atomic E-state index is 0.225. The molecule has 0 aliphatic heterocycles. The molecule has 0 bridgehead atoms. The Kier molecular flexibility index (Phi) is 4.36. The molecule has 2 rings (SSSR count). The van der Waals surface area contributed by atoms with E-state index in [-0.39, 0.29) is 6.42 Å². The van der Waals surface area contributed by atoms with Crippen LogP contribution in [0.4, 0.5) is 0 Å². The van der Waals surface area contributed by atoms with Gasteiger partial charge in [-0.2, -0.15) is 0 Å². The van der Waals surface area contributed by atoms with Crippen LogP contribution in [0.15, 0.2) is 43.1 Å². The van der Waals surface area contributed by atoms with Crippen molar-refractivity contribution < 1.29 is 14.6 Å². The van der Waals surface area contributed by atoms with Crippen molar-refractivity contribution >= 4 is 28.5 Å². The summed E-state index contributed by atoms with van der Waals surface area (Å²) >= 11 is 6.05. The van der Waals surface area contributed by atoms with Crippen LogP contribution in [0, 0.1) is 0 Å². The molecule has 0 fully saturated rings. The number of pyridine rings is 1. The largest absolute Gasteiger partial charge is 0.355 e. The van der Waals surface area contributed by atoms with Crippen LogP contribution in [0.5, 0.6) is 5.75 Å². The highest BCUT2D eigenvalue weighted by molar-refractivity contribution is 6.35. The van der Waals surface area contributed by atoms with Gasteiger partial charge in [0.25, 0.3) is 0 Å². The summed E-state index contributed by atoms with van der Waals surface area (Å²) in [6, 6.07) is 6.86. The molecule has 1 aromatic carbocycles. The molecule has 0 saturated carbocycles. The van der Waals surface area contributed by atoms with Crippen LogP contribution in [0.1, 0.15) is 12.8 Å². The van der Waals surface area contributed by atoms with Crippen LogP contribution >= 0.6 is 11.6 Å². The first-order valence-electron chi connectivity index (χ1n) is 5.74. The van der Waals surface area contributed by atoms with E-state index in [0.29, 0.717) is 22.7 Å². The van der Waals surface area contributed by atoms with Crippen LogP contribution in [0.2, 0.25) is 5.02 Å². The molecule has 0 unspecified atom stereocenters. The Balaban J connectivity index is 2.15. The molecule has 5 heteroatoms. The van der Waals surface area contributed by atoms with E-state index in [1.54, 1.807) is 30.5 Å². The monoisotopic (exact) mass is 277 g/mol. The number of fused-ring (bicyclic) bond motifs is 1. The summed E-state index contributed by atoms with van der Waals surface area (Å²) in [4.78, 5) is 25.2. The van der Waals surface area contributed by atoms with Gasteiger partial charge in [0.15, 0.2) is 0 Å². The van der Waals surface area contributed by atoms with E-state index < -0.39 is 5.97 Å². The molecule has 1 heterocycles. The molecular formula is C14H12ClNO3. The molecule has 0 N–H and O–H groups in total. The third-order valence-corrected chi connectivity index (χ3v) is 2.79. The molecule has 0 amide bonds. The number of halogens is 1. The zero-order valence-electron chi connectivity index (χ0n) is 10.1. The van der Waals surface area contributed by atoms with Gasteiger partial charge in [0.1, 0.15) is 5.52 Å². The molecule has 1 aromatic heterocycles. The van der Waals surface area contributed by atoms with Crippen molar-refractivity contribution in [2.24, 2.45) is 0 Å². The van der Waals surface area contributed by atoms with Crippen molar-refractivity contribution in [3.05, 3.63) is 48.1 Å². The fraction of sp³-hybridized carbons (Fsp3) is 0.143. The van der Waals surface area contributed by atoms with Gasteiger partial charge in [0.2, 0.25) is 5.75 Å². The maximum atomic E-state index is 11.3. The Morgan fingerprint density at radius 2 is 2.26 bits per heavy atom. The maximum Gasteiger partial charge on any atom is 0.355 e. The summed E-state index contributed by atoms with van der Waals surface area (Å²) in [5.41, 5.74) is 0.548.